The van der Waals surface area contributed by atoms with Crippen molar-refractivity contribution in [1.29, 1.82) is 0 Å². The summed E-state index contributed by atoms with van der Waals surface area (Å²) >= 11 is 0. The number of aryl methyl sites for hydroxylation is 1. The largest absolute Gasteiger partial charge is 0.392 e. The van der Waals surface area contributed by atoms with Crippen molar-refractivity contribution in [2.75, 3.05) is 0 Å². The average Bonchev–Trinajstić information content (AvgIpc) is 3.05. The zero-order valence-corrected chi connectivity index (χ0v) is 12.9. The fraction of sp³-hybridized carbons (Fsp3) is 0.211. The van der Waals surface area contributed by atoms with E-state index in [1.54, 1.807) is 6.20 Å². The van der Waals surface area contributed by atoms with Gasteiger partial charge in [0.2, 0.25) is 0 Å². The van der Waals surface area contributed by atoms with Crippen LogP contribution in [-0.2, 0) is 13.0 Å². The van der Waals surface area contributed by atoms with Crippen LogP contribution in [-0.4, -0.2) is 15.3 Å². The van der Waals surface area contributed by atoms with Crippen LogP contribution in [0.3, 0.4) is 0 Å². The van der Waals surface area contributed by atoms with E-state index in [0.29, 0.717) is 0 Å². The van der Waals surface area contributed by atoms with Crippen molar-refractivity contribution < 1.29 is 5.11 Å². The highest BCUT2D eigenvalue weighted by Gasteiger charge is 2.00. The van der Waals surface area contributed by atoms with Crippen LogP contribution < -0.4 is 0 Å². The second kappa shape index (κ2) is 8.80. The van der Waals surface area contributed by atoms with Gasteiger partial charge in [0, 0.05) is 11.3 Å². The van der Waals surface area contributed by atoms with Crippen LogP contribution in [0, 0.1) is 0 Å². The second-order valence-electron chi connectivity index (χ2n) is 5.01. The molecule has 0 aliphatic heterocycles. The lowest BCUT2D eigenvalue weighted by Gasteiger charge is -1.98. The molecule has 0 bridgehead atoms. The van der Waals surface area contributed by atoms with E-state index in [0.717, 1.165) is 24.1 Å². The Balaban J connectivity index is 0.000000164. The molecule has 0 unspecified atom stereocenters. The van der Waals surface area contributed by atoms with Crippen LogP contribution in [0.1, 0.15) is 24.6 Å². The van der Waals surface area contributed by atoms with Gasteiger partial charge < -0.3 is 5.11 Å². The monoisotopic (exact) mass is 294 g/mol. The molecule has 1 heterocycles. The minimum atomic E-state index is 0.0891. The highest BCUT2D eigenvalue weighted by atomic mass is 16.3. The Morgan fingerprint density at radius 2 is 1.45 bits per heavy atom. The summed E-state index contributed by atoms with van der Waals surface area (Å²) in [6.07, 6.45) is 3.72. The molecule has 0 aliphatic rings. The second-order valence-corrected chi connectivity index (χ2v) is 5.01. The molecular weight excluding hydrogens is 272 g/mol. The molecular formula is C19H22N2O. The molecule has 0 saturated heterocycles. The standard InChI is InChI=1S/C12H10.C7H12N2O/c1-3-7-11(8-4-1)12-9-5-2-6-10-12;1-2-3-7-6(5-10)4-8-9-7/h1-10H;4,10H,2-3,5H2,1H3,(H,8,9). The number of nitrogens with zero attached hydrogens (tertiary/aromatic N) is 1. The van der Waals surface area contributed by atoms with Gasteiger partial charge in [-0.2, -0.15) is 5.10 Å². The van der Waals surface area contributed by atoms with Crippen molar-refractivity contribution in [3.8, 4) is 11.1 Å². The summed E-state index contributed by atoms with van der Waals surface area (Å²) in [6.45, 7) is 2.19. The smallest absolute Gasteiger partial charge is 0.0715 e. The minimum Gasteiger partial charge on any atom is -0.392 e. The summed E-state index contributed by atoms with van der Waals surface area (Å²) < 4.78 is 0. The molecule has 3 nitrogen and oxygen atoms in total. The van der Waals surface area contributed by atoms with Crippen LogP contribution in [0.5, 0.6) is 0 Å². The Morgan fingerprint density at radius 1 is 0.909 bits per heavy atom. The van der Waals surface area contributed by atoms with Gasteiger partial charge in [-0.1, -0.05) is 74.0 Å². The maximum absolute atomic E-state index is 8.77. The van der Waals surface area contributed by atoms with E-state index < -0.39 is 0 Å². The first kappa shape index (κ1) is 16.0. The van der Waals surface area contributed by atoms with Crippen molar-refractivity contribution in [2.45, 2.75) is 26.4 Å². The molecule has 0 amide bonds. The lowest BCUT2D eigenvalue weighted by atomic mass is 10.1. The normalized spacial score (nSPS) is 9.91. The third-order valence-electron chi connectivity index (χ3n) is 3.36. The van der Waals surface area contributed by atoms with Crippen LogP contribution in [0.15, 0.2) is 66.9 Å². The number of rotatable bonds is 4. The lowest BCUT2D eigenvalue weighted by Crippen LogP contribution is -1.89. The number of aliphatic hydroxyl groups excluding tert-OH is 1. The first-order valence-corrected chi connectivity index (χ1v) is 7.57. The molecule has 2 N–H and O–H groups in total. The molecule has 114 valence electrons. The van der Waals surface area contributed by atoms with Gasteiger partial charge in [-0.15, -0.1) is 0 Å². The third kappa shape index (κ3) is 4.57. The van der Waals surface area contributed by atoms with Gasteiger partial charge in [-0.3, -0.25) is 5.10 Å². The van der Waals surface area contributed by atoms with Crippen molar-refractivity contribution >= 4 is 0 Å². The first-order chi connectivity index (χ1) is 10.8. The molecule has 3 aromatic rings. The number of hydrogen-bond donors (Lipinski definition) is 2. The van der Waals surface area contributed by atoms with E-state index in [4.69, 9.17) is 5.11 Å². The Morgan fingerprint density at radius 3 is 1.91 bits per heavy atom. The molecule has 1 aromatic heterocycles. The van der Waals surface area contributed by atoms with E-state index in [2.05, 4.69) is 65.7 Å². The number of H-pyrrole nitrogens is 1. The molecule has 0 atom stereocenters. The van der Waals surface area contributed by atoms with E-state index >= 15 is 0 Å². The van der Waals surface area contributed by atoms with Crippen LogP contribution in [0.2, 0.25) is 0 Å². The Labute approximate surface area is 131 Å². The van der Waals surface area contributed by atoms with Gasteiger partial charge in [0.25, 0.3) is 0 Å². The summed E-state index contributed by atoms with van der Waals surface area (Å²) in [6, 6.07) is 20.8. The molecule has 22 heavy (non-hydrogen) atoms. The van der Waals surface area contributed by atoms with E-state index in [1.165, 1.54) is 11.1 Å². The summed E-state index contributed by atoms with van der Waals surface area (Å²) in [4.78, 5) is 0. The molecule has 3 heteroatoms. The summed E-state index contributed by atoms with van der Waals surface area (Å²) in [5, 5.41) is 15.4. The minimum absolute atomic E-state index is 0.0891. The molecule has 0 fully saturated rings. The van der Waals surface area contributed by atoms with E-state index in [1.807, 2.05) is 12.1 Å². The topological polar surface area (TPSA) is 48.9 Å². The molecule has 0 saturated carbocycles. The van der Waals surface area contributed by atoms with E-state index in [-0.39, 0.29) is 6.61 Å². The summed E-state index contributed by atoms with van der Waals surface area (Å²) in [5.41, 5.74) is 4.53. The summed E-state index contributed by atoms with van der Waals surface area (Å²) in [5.74, 6) is 0. The predicted octanol–water partition coefficient (Wildman–Crippen LogP) is 4.21. The van der Waals surface area contributed by atoms with Crippen molar-refractivity contribution in [1.82, 2.24) is 10.2 Å². The fourth-order valence-corrected chi connectivity index (χ4v) is 2.20. The maximum atomic E-state index is 8.77. The van der Waals surface area contributed by atoms with Gasteiger partial charge in [0.15, 0.2) is 0 Å². The van der Waals surface area contributed by atoms with Gasteiger partial charge in [0.1, 0.15) is 0 Å². The van der Waals surface area contributed by atoms with Crippen molar-refractivity contribution in [2.24, 2.45) is 0 Å². The molecule has 2 aromatic carbocycles. The Kier molecular flexibility index (Phi) is 6.39. The first-order valence-electron chi connectivity index (χ1n) is 7.57. The van der Waals surface area contributed by atoms with Crippen LogP contribution in [0.25, 0.3) is 11.1 Å². The van der Waals surface area contributed by atoms with Crippen molar-refractivity contribution in [3.63, 3.8) is 0 Å². The number of benzene rings is 2. The van der Waals surface area contributed by atoms with Crippen LogP contribution in [0.4, 0.5) is 0 Å². The third-order valence-corrected chi connectivity index (χ3v) is 3.36. The SMILES string of the molecule is CCCc1[nH]ncc1CO.c1ccc(-c2ccccc2)cc1. The zero-order valence-electron chi connectivity index (χ0n) is 12.9. The molecule has 0 spiro atoms. The van der Waals surface area contributed by atoms with Gasteiger partial charge in [-0.05, 0) is 17.5 Å². The number of nitrogens with one attached hydrogen (secondary N) is 1. The predicted molar refractivity (Wildman–Crippen MR) is 90.4 cm³/mol. The van der Waals surface area contributed by atoms with Gasteiger partial charge in [0.05, 0.1) is 12.8 Å². The lowest BCUT2D eigenvalue weighted by molar-refractivity contribution is 0.280. The number of aliphatic hydroxyl groups is 1. The fourth-order valence-electron chi connectivity index (χ4n) is 2.20. The van der Waals surface area contributed by atoms with Crippen molar-refractivity contribution in [3.05, 3.63) is 78.1 Å². The zero-order chi connectivity index (χ0) is 15.6. The number of aromatic amines is 1. The molecule has 3 rings (SSSR count). The summed E-state index contributed by atoms with van der Waals surface area (Å²) in [7, 11) is 0. The van der Waals surface area contributed by atoms with Gasteiger partial charge in [-0.25, -0.2) is 0 Å². The number of aromatic nitrogens is 2. The van der Waals surface area contributed by atoms with Crippen LogP contribution >= 0.6 is 0 Å². The average molecular weight is 294 g/mol. The maximum Gasteiger partial charge on any atom is 0.0715 e. The Bertz CT molecular complexity index is 610. The molecule has 0 aliphatic carbocycles. The van der Waals surface area contributed by atoms with E-state index in [9.17, 15) is 0 Å². The molecule has 0 radical (unpaired) electrons. The Hall–Kier alpha value is -2.39. The number of hydrogen-bond acceptors (Lipinski definition) is 2. The highest BCUT2D eigenvalue weighted by molar-refractivity contribution is 5.62. The quantitative estimate of drug-likeness (QED) is 0.757. The van der Waals surface area contributed by atoms with Gasteiger partial charge >= 0.3 is 0 Å². The highest BCUT2D eigenvalue weighted by Crippen LogP contribution is 2.17.